The van der Waals surface area contributed by atoms with Gasteiger partial charge in [-0.25, -0.2) is 9.59 Å². The molecule has 0 atom stereocenters. The molecule has 0 saturated carbocycles. The van der Waals surface area contributed by atoms with Crippen LogP contribution in [0.2, 0.25) is 0 Å². The number of nitrogens with one attached hydrogen (secondary N) is 2. The Kier molecular flexibility index (Phi) is 6.78. The van der Waals surface area contributed by atoms with Gasteiger partial charge in [-0.3, -0.25) is 4.79 Å². The van der Waals surface area contributed by atoms with E-state index in [9.17, 15) is 14.4 Å². The molecule has 0 saturated heterocycles. The first-order valence-corrected chi connectivity index (χ1v) is 9.19. The molecule has 2 amide bonds. The van der Waals surface area contributed by atoms with Gasteiger partial charge in [0.2, 0.25) is 0 Å². The van der Waals surface area contributed by atoms with Crippen molar-refractivity contribution in [2.24, 2.45) is 0 Å². The lowest BCUT2D eigenvalue weighted by Crippen LogP contribution is -2.23. The summed E-state index contributed by atoms with van der Waals surface area (Å²) in [5.74, 6) is -1.43. The average molecular weight is 404 g/mol. The molecule has 3 rings (SSSR count). The van der Waals surface area contributed by atoms with Crippen molar-refractivity contribution in [1.29, 1.82) is 0 Å². The number of carbonyl (C=O) groups is 3. The number of hydrogen-bond donors (Lipinski definition) is 3. The van der Waals surface area contributed by atoms with Crippen molar-refractivity contribution in [3.8, 4) is 0 Å². The highest BCUT2D eigenvalue weighted by molar-refractivity contribution is 6.04. The van der Waals surface area contributed by atoms with Gasteiger partial charge >= 0.3 is 12.1 Å². The average Bonchev–Trinajstić information content (AvgIpc) is 2.77. The lowest BCUT2D eigenvalue weighted by atomic mass is 10.1. The number of benzene rings is 3. The van der Waals surface area contributed by atoms with E-state index in [0.717, 1.165) is 11.1 Å². The predicted molar refractivity (Wildman–Crippen MR) is 111 cm³/mol. The SMILES string of the molecule is O=C(NCc1ccc(C(=O)Nc2cccc(C(=O)O)c2)cc1)OCc1ccccc1. The highest BCUT2D eigenvalue weighted by atomic mass is 16.5. The number of carboxylic acid groups (broad SMARTS) is 1. The molecule has 0 bridgehead atoms. The van der Waals surface area contributed by atoms with E-state index in [2.05, 4.69) is 10.6 Å². The summed E-state index contributed by atoms with van der Waals surface area (Å²) < 4.78 is 5.15. The van der Waals surface area contributed by atoms with E-state index in [0.29, 0.717) is 11.3 Å². The minimum Gasteiger partial charge on any atom is -0.478 e. The molecule has 3 N–H and O–H groups in total. The molecule has 0 fully saturated rings. The molecule has 3 aromatic carbocycles. The first-order valence-electron chi connectivity index (χ1n) is 9.19. The zero-order valence-corrected chi connectivity index (χ0v) is 16.0. The van der Waals surface area contributed by atoms with Crippen LogP contribution in [0, 0.1) is 0 Å². The molecule has 0 spiro atoms. The van der Waals surface area contributed by atoms with Crippen molar-refractivity contribution in [2.45, 2.75) is 13.2 Å². The summed E-state index contributed by atoms with van der Waals surface area (Å²) in [6.45, 7) is 0.449. The fourth-order valence-electron chi connectivity index (χ4n) is 2.66. The Morgan fingerprint density at radius 2 is 1.53 bits per heavy atom. The van der Waals surface area contributed by atoms with Gasteiger partial charge in [0.15, 0.2) is 0 Å². The molecule has 0 unspecified atom stereocenters. The number of carboxylic acids is 1. The standard InChI is InChI=1S/C23H20N2O5/c26-21(25-20-8-4-7-19(13-20)22(27)28)18-11-9-16(10-12-18)14-24-23(29)30-15-17-5-2-1-3-6-17/h1-13H,14-15H2,(H,24,29)(H,25,26)(H,27,28). The predicted octanol–water partition coefficient (Wildman–Crippen LogP) is 4.06. The molecule has 0 aliphatic heterocycles. The molecular formula is C23H20N2O5. The van der Waals surface area contributed by atoms with Gasteiger partial charge in [0, 0.05) is 17.8 Å². The van der Waals surface area contributed by atoms with E-state index in [-0.39, 0.29) is 24.6 Å². The number of hydrogen-bond acceptors (Lipinski definition) is 4. The molecule has 3 aromatic rings. The number of aromatic carboxylic acids is 1. The van der Waals surface area contributed by atoms with Crippen molar-refractivity contribution < 1.29 is 24.2 Å². The smallest absolute Gasteiger partial charge is 0.407 e. The van der Waals surface area contributed by atoms with Gasteiger partial charge in [0.1, 0.15) is 6.61 Å². The van der Waals surface area contributed by atoms with Crippen LogP contribution in [-0.4, -0.2) is 23.1 Å². The Bertz CT molecular complexity index is 1030. The van der Waals surface area contributed by atoms with Gasteiger partial charge in [-0.15, -0.1) is 0 Å². The van der Waals surface area contributed by atoms with Gasteiger partial charge in [-0.1, -0.05) is 48.5 Å². The third-order valence-electron chi connectivity index (χ3n) is 4.23. The maximum absolute atomic E-state index is 12.3. The lowest BCUT2D eigenvalue weighted by Gasteiger charge is -2.09. The van der Waals surface area contributed by atoms with Crippen LogP contribution in [0.15, 0.2) is 78.9 Å². The molecule has 7 nitrogen and oxygen atoms in total. The molecule has 30 heavy (non-hydrogen) atoms. The molecule has 0 radical (unpaired) electrons. The number of alkyl carbamates (subject to hydrolysis) is 1. The van der Waals surface area contributed by atoms with E-state index in [1.54, 1.807) is 36.4 Å². The van der Waals surface area contributed by atoms with Crippen LogP contribution in [0.5, 0.6) is 0 Å². The highest BCUT2D eigenvalue weighted by Gasteiger charge is 2.09. The summed E-state index contributed by atoms with van der Waals surface area (Å²) in [5.41, 5.74) is 2.60. The fraction of sp³-hybridized carbons (Fsp3) is 0.0870. The normalized spacial score (nSPS) is 10.1. The number of rotatable bonds is 7. The highest BCUT2D eigenvalue weighted by Crippen LogP contribution is 2.13. The van der Waals surface area contributed by atoms with Gasteiger partial charge in [0.05, 0.1) is 5.56 Å². The van der Waals surface area contributed by atoms with Crippen LogP contribution in [-0.2, 0) is 17.9 Å². The molecule has 0 aliphatic rings. The van der Waals surface area contributed by atoms with E-state index in [4.69, 9.17) is 9.84 Å². The van der Waals surface area contributed by atoms with Crippen LogP contribution in [0.1, 0.15) is 31.8 Å². The summed E-state index contributed by atoms with van der Waals surface area (Å²) in [5, 5.41) is 14.3. The van der Waals surface area contributed by atoms with E-state index in [1.165, 1.54) is 12.1 Å². The van der Waals surface area contributed by atoms with Gasteiger partial charge < -0.3 is 20.5 Å². The second-order valence-electron chi connectivity index (χ2n) is 6.45. The van der Waals surface area contributed by atoms with Crippen LogP contribution in [0.4, 0.5) is 10.5 Å². The summed E-state index contributed by atoms with van der Waals surface area (Å²) in [7, 11) is 0. The minimum absolute atomic E-state index is 0.0911. The van der Waals surface area contributed by atoms with Gasteiger partial charge in [-0.05, 0) is 41.5 Å². The topological polar surface area (TPSA) is 105 Å². The van der Waals surface area contributed by atoms with Crippen molar-refractivity contribution >= 4 is 23.7 Å². The number of ether oxygens (including phenoxy) is 1. The maximum atomic E-state index is 12.3. The molecule has 152 valence electrons. The van der Waals surface area contributed by atoms with Crippen LogP contribution in [0.3, 0.4) is 0 Å². The van der Waals surface area contributed by atoms with Crippen LogP contribution >= 0.6 is 0 Å². The summed E-state index contributed by atoms with van der Waals surface area (Å²) in [6.07, 6.45) is -0.529. The Hall–Kier alpha value is -4.13. The Morgan fingerprint density at radius 1 is 0.800 bits per heavy atom. The van der Waals surface area contributed by atoms with Crippen molar-refractivity contribution in [3.05, 3.63) is 101 Å². The van der Waals surface area contributed by atoms with E-state index < -0.39 is 12.1 Å². The zero-order valence-electron chi connectivity index (χ0n) is 16.0. The molecule has 0 aromatic heterocycles. The Balaban J connectivity index is 1.49. The second-order valence-corrected chi connectivity index (χ2v) is 6.45. The van der Waals surface area contributed by atoms with Crippen LogP contribution in [0.25, 0.3) is 0 Å². The van der Waals surface area contributed by atoms with Gasteiger partial charge in [0.25, 0.3) is 5.91 Å². The summed E-state index contributed by atoms with van der Waals surface area (Å²) >= 11 is 0. The number of anilines is 1. The third-order valence-corrected chi connectivity index (χ3v) is 4.23. The lowest BCUT2D eigenvalue weighted by molar-refractivity contribution is 0.0696. The largest absolute Gasteiger partial charge is 0.478 e. The van der Waals surface area contributed by atoms with Crippen molar-refractivity contribution in [3.63, 3.8) is 0 Å². The minimum atomic E-state index is -1.06. The van der Waals surface area contributed by atoms with Crippen molar-refractivity contribution in [1.82, 2.24) is 5.32 Å². The maximum Gasteiger partial charge on any atom is 0.407 e. The van der Waals surface area contributed by atoms with Gasteiger partial charge in [-0.2, -0.15) is 0 Å². The molecule has 7 heteroatoms. The summed E-state index contributed by atoms with van der Waals surface area (Å²) in [6, 6.07) is 22.1. The Labute approximate surface area is 173 Å². The monoisotopic (exact) mass is 404 g/mol. The first kappa shape index (κ1) is 20.6. The van der Waals surface area contributed by atoms with E-state index in [1.807, 2.05) is 30.3 Å². The van der Waals surface area contributed by atoms with Crippen molar-refractivity contribution in [2.75, 3.05) is 5.32 Å². The summed E-state index contributed by atoms with van der Waals surface area (Å²) in [4.78, 5) is 35.2. The van der Waals surface area contributed by atoms with Crippen LogP contribution < -0.4 is 10.6 Å². The Morgan fingerprint density at radius 3 is 2.23 bits per heavy atom. The fourth-order valence-corrected chi connectivity index (χ4v) is 2.66. The van der Waals surface area contributed by atoms with E-state index >= 15 is 0 Å². The zero-order chi connectivity index (χ0) is 21.3. The number of amides is 2. The number of carbonyl (C=O) groups excluding carboxylic acids is 2. The third kappa shape index (κ3) is 5.93. The second kappa shape index (κ2) is 9.88. The molecule has 0 heterocycles. The molecular weight excluding hydrogens is 384 g/mol. The molecule has 0 aliphatic carbocycles. The first-order chi connectivity index (χ1) is 14.5. The quantitative estimate of drug-likeness (QED) is 0.551.